The number of aliphatic hydroxyl groups is 1. The molecule has 13 heteroatoms. The Morgan fingerprint density at radius 2 is 1.90 bits per heavy atom. The topological polar surface area (TPSA) is 99.2 Å². The number of rotatable bonds is 9. The number of hydrogen-bond donors (Lipinski definition) is 2. The lowest BCUT2D eigenvalue weighted by molar-refractivity contribution is -0.137. The first-order chi connectivity index (χ1) is 19.3. The van der Waals surface area contributed by atoms with Crippen LogP contribution in [0.2, 0.25) is 0 Å². The third-order valence-corrected chi connectivity index (χ3v) is 9.68. The number of nitrogens with one attached hydrogen (secondary N) is 1. The fraction of sp³-hybridized carbons (Fsp3) is 0.393. The van der Waals surface area contributed by atoms with Gasteiger partial charge in [-0.2, -0.15) is 13.2 Å². The van der Waals surface area contributed by atoms with Crippen LogP contribution in [-0.2, 0) is 22.7 Å². The Kier molecular flexibility index (Phi) is 9.32. The molecule has 0 saturated carbocycles. The van der Waals surface area contributed by atoms with Crippen molar-refractivity contribution in [1.29, 1.82) is 0 Å². The van der Waals surface area contributed by atoms with E-state index in [1.807, 2.05) is 18.9 Å². The fourth-order valence-corrected chi connectivity index (χ4v) is 6.65. The van der Waals surface area contributed by atoms with Crippen LogP contribution in [0.4, 0.5) is 18.9 Å². The van der Waals surface area contributed by atoms with E-state index in [9.17, 15) is 31.5 Å². The minimum Gasteiger partial charge on any atom is -0.488 e. The number of benzene rings is 2. The SMILES string of the molecule is C[C@@H]1CN([C@H](C)CO)C(=O)c2cc(NS(=O)(=O)c3cccs3)ccc2O[C@@H]1CN(C)Cc1ccc(C(F)(F)F)cc1. The summed E-state index contributed by atoms with van der Waals surface area (Å²) in [5.41, 5.74) is 0.333. The van der Waals surface area contributed by atoms with E-state index in [0.29, 0.717) is 18.7 Å². The average Bonchev–Trinajstić information content (AvgIpc) is 3.47. The van der Waals surface area contributed by atoms with Crippen LogP contribution in [0.25, 0.3) is 0 Å². The van der Waals surface area contributed by atoms with Gasteiger partial charge in [-0.05, 0) is 61.3 Å². The number of anilines is 1. The van der Waals surface area contributed by atoms with Gasteiger partial charge in [0.1, 0.15) is 16.1 Å². The third-order valence-electron chi connectivity index (χ3n) is 6.90. The maximum atomic E-state index is 13.6. The molecule has 0 unspecified atom stereocenters. The second kappa shape index (κ2) is 12.4. The number of likely N-dealkylation sites (N-methyl/N-ethyl adjacent to an activating group) is 1. The van der Waals surface area contributed by atoms with Crippen LogP contribution in [0.1, 0.15) is 35.3 Å². The van der Waals surface area contributed by atoms with E-state index in [4.69, 9.17) is 4.74 Å². The Labute approximate surface area is 241 Å². The van der Waals surface area contributed by atoms with Crippen LogP contribution in [0.15, 0.2) is 64.2 Å². The van der Waals surface area contributed by atoms with Crippen LogP contribution in [0.3, 0.4) is 0 Å². The number of amides is 1. The van der Waals surface area contributed by atoms with Crippen LogP contribution >= 0.6 is 11.3 Å². The smallest absolute Gasteiger partial charge is 0.416 e. The second-order valence-corrected chi connectivity index (χ2v) is 13.1. The van der Waals surface area contributed by atoms with Crippen molar-refractivity contribution in [3.05, 3.63) is 76.7 Å². The average molecular weight is 612 g/mol. The zero-order valence-electron chi connectivity index (χ0n) is 22.8. The highest BCUT2D eigenvalue weighted by Gasteiger charge is 2.34. The molecular weight excluding hydrogens is 579 g/mol. The summed E-state index contributed by atoms with van der Waals surface area (Å²) in [4.78, 5) is 17.1. The molecule has 222 valence electrons. The molecule has 1 aromatic heterocycles. The van der Waals surface area contributed by atoms with Crippen molar-refractivity contribution < 1.29 is 36.2 Å². The zero-order valence-corrected chi connectivity index (χ0v) is 24.4. The predicted molar refractivity (Wildman–Crippen MR) is 151 cm³/mol. The van der Waals surface area contributed by atoms with Crippen LogP contribution in [-0.4, -0.2) is 68.1 Å². The Bertz CT molecular complexity index is 1450. The number of carbonyl (C=O) groups excluding carboxylic acids is 1. The van der Waals surface area contributed by atoms with Gasteiger partial charge in [-0.3, -0.25) is 14.4 Å². The van der Waals surface area contributed by atoms with Crippen LogP contribution in [0.5, 0.6) is 5.75 Å². The number of fused-ring (bicyclic) bond motifs is 1. The molecule has 0 aliphatic carbocycles. The highest BCUT2D eigenvalue weighted by Crippen LogP contribution is 2.32. The van der Waals surface area contributed by atoms with Gasteiger partial charge in [0.15, 0.2) is 0 Å². The molecule has 2 N–H and O–H groups in total. The number of sulfonamides is 1. The zero-order chi connectivity index (χ0) is 29.9. The quantitative estimate of drug-likeness (QED) is 0.357. The predicted octanol–water partition coefficient (Wildman–Crippen LogP) is 4.92. The summed E-state index contributed by atoms with van der Waals surface area (Å²) in [6.45, 7) is 4.42. The number of carbonyl (C=O) groups is 1. The summed E-state index contributed by atoms with van der Waals surface area (Å²) in [5, 5.41) is 11.5. The molecule has 1 aliphatic rings. The van der Waals surface area contributed by atoms with Crippen molar-refractivity contribution in [2.45, 2.75) is 42.9 Å². The lowest BCUT2D eigenvalue weighted by Crippen LogP contribution is -2.49. The molecule has 1 aliphatic heterocycles. The minimum atomic E-state index is -4.40. The van der Waals surface area contributed by atoms with Crippen molar-refractivity contribution in [3.63, 3.8) is 0 Å². The highest BCUT2D eigenvalue weighted by molar-refractivity contribution is 7.94. The van der Waals surface area contributed by atoms with Gasteiger partial charge < -0.3 is 14.7 Å². The first-order valence-electron chi connectivity index (χ1n) is 12.9. The van der Waals surface area contributed by atoms with Gasteiger partial charge >= 0.3 is 6.18 Å². The van der Waals surface area contributed by atoms with Crippen molar-refractivity contribution in [1.82, 2.24) is 9.80 Å². The molecule has 0 radical (unpaired) electrons. The molecule has 4 rings (SSSR count). The summed E-state index contributed by atoms with van der Waals surface area (Å²) in [6.07, 6.45) is -4.83. The standard InChI is InChI=1S/C28H32F3N3O5S2/c1-18-14-34(19(2)17-35)27(36)23-13-22(32-41(37,38)26-5-4-12-40-26)10-11-24(23)39-25(18)16-33(3)15-20-6-8-21(9-7-20)28(29,30)31/h4-13,18-19,25,32,35H,14-17H2,1-3H3/t18-,19-,25-/m1/s1. The van der Waals surface area contributed by atoms with E-state index < -0.39 is 39.8 Å². The molecule has 41 heavy (non-hydrogen) atoms. The van der Waals surface area contributed by atoms with Gasteiger partial charge in [0.25, 0.3) is 15.9 Å². The maximum Gasteiger partial charge on any atom is 0.416 e. The fourth-order valence-electron chi connectivity index (χ4n) is 4.61. The number of hydrogen-bond acceptors (Lipinski definition) is 7. The normalized spacial score (nSPS) is 18.8. The molecule has 3 aromatic rings. The maximum absolute atomic E-state index is 13.6. The van der Waals surface area contributed by atoms with E-state index in [1.165, 1.54) is 30.3 Å². The van der Waals surface area contributed by atoms with E-state index in [0.717, 1.165) is 23.5 Å². The lowest BCUT2D eigenvalue weighted by Gasteiger charge is -2.38. The first kappa shape index (κ1) is 30.8. The Morgan fingerprint density at radius 1 is 1.20 bits per heavy atom. The minimum absolute atomic E-state index is 0.132. The summed E-state index contributed by atoms with van der Waals surface area (Å²) in [6, 6.07) is 12.1. The van der Waals surface area contributed by atoms with Gasteiger partial charge in [-0.1, -0.05) is 25.1 Å². The molecular formula is C28H32F3N3O5S2. The van der Waals surface area contributed by atoms with Crippen LogP contribution < -0.4 is 9.46 Å². The Balaban J connectivity index is 1.58. The molecule has 0 bridgehead atoms. The van der Waals surface area contributed by atoms with Crippen molar-refractivity contribution in [2.24, 2.45) is 5.92 Å². The summed E-state index contributed by atoms with van der Waals surface area (Å²) in [5.74, 6) is -0.306. The Morgan fingerprint density at radius 3 is 2.51 bits per heavy atom. The number of nitrogens with zero attached hydrogens (tertiary/aromatic N) is 2. The van der Waals surface area contributed by atoms with E-state index in [1.54, 1.807) is 29.3 Å². The first-order valence-corrected chi connectivity index (χ1v) is 15.3. The molecule has 8 nitrogen and oxygen atoms in total. The highest BCUT2D eigenvalue weighted by atomic mass is 32.2. The lowest BCUT2D eigenvalue weighted by atomic mass is 9.99. The number of alkyl halides is 3. The van der Waals surface area contributed by atoms with E-state index in [2.05, 4.69) is 4.72 Å². The summed E-state index contributed by atoms with van der Waals surface area (Å²) in [7, 11) is -2.02. The van der Waals surface area contributed by atoms with Crippen LogP contribution in [0, 0.1) is 5.92 Å². The molecule has 3 atom stereocenters. The van der Waals surface area contributed by atoms with Gasteiger partial charge in [-0.15, -0.1) is 11.3 Å². The molecule has 2 heterocycles. The molecule has 0 fully saturated rings. The third kappa shape index (κ3) is 7.39. The summed E-state index contributed by atoms with van der Waals surface area (Å²) < 4.78 is 73.3. The van der Waals surface area contributed by atoms with Crippen molar-refractivity contribution >= 4 is 33.0 Å². The van der Waals surface area contributed by atoms with E-state index in [-0.39, 0.29) is 40.3 Å². The second-order valence-electron chi connectivity index (χ2n) is 10.3. The number of aliphatic hydroxyl groups excluding tert-OH is 1. The van der Waals surface area contributed by atoms with Crippen molar-refractivity contribution in [2.75, 3.05) is 31.5 Å². The van der Waals surface area contributed by atoms with Gasteiger partial charge in [0.2, 0.25) is 0 Å². The number of ether oxygens (including phenoxy) is 1. The number of thiophene rings is 1. The summed E-state index contributed by atoms with van der Waals surface area (Å²) >= 11 is 1.07. The van der Waals surface area contributed by atoms with Gasteiger partial charge in [-0.25, -0.2) is 8.42 Å². The molecule has 1 amide bonds. The van der Waals surface area contributed by atoms with Gasteiger partial charge in [0.05, 0.1) is 23.8 Å². The van der Waals surface area contributed by atoms with Gasteiger partial charge in [0, 0.05) is 31.2 Å². The monoisotopic (exact) mass is 611 g/mol. The largest absolute Gasteiger partial charge is 0.488 e. The number of halogens is 3. The van der Waals surface area contributed by atoms with E-state index >= 15 is 0 Å². The molecule has 2 aromatic carbocycles. The Hall–Kier alpha value is -3.13. The van der Waals surface area contributed by atoms with Crippen molar-refractivity contribution in [3.8, 4) is 5.75 Å². The molecule has 0 saturated heterocycles. The molecule has 0 spiro atoms.